The Morgan fingerprint density at radius 2 is 1.97 bits per heavy atom. The predicted octanol–water partition coefficient (Wildman–Crippen LogP) is -1.00. The molecule has 6 N–H and O–H groups in total. The Balaban J connectivity index is 1.35. The van der Waals surface area contributed by atoms with Gasteiger partial charge in [-0.2, -0.15) is 0 Å². The molecule has 3 aliphatic heterocycles. The quantitative estimate of drug-likeness (QED) is 0.338. The van der Waals surface area contributed by atoms with Crippen LogP contribution in [0, 0.1) is 5.92 Å². The second kappa shape index (κ2) is 7.02. The van der Waals surface area contributed by atoms with Crippen LogP contribution in [0.3, 0.4) is 0 Å². The van der Waals surface area contributed by atoms with Crippen LogP contribution in [0.4, 0.5) is 0 Å². The number of ether oxygens (including phenoxy) is 3. The summed E-state index contributed by atoms with van der Waals surface area (Å²) >= 11 is 0. The van der Waals surface area contributed by atoms with Crippen molar-refractivity contribution in [1.29, 1.82) is 0 Å². The summed E-state index contributed by atoms with van der Waals surface area (Å²) in [6.45, 7) is 0.802. The third-order valence-electron chi connectivity index (χ3n) is 8.20. The number of phenols is 1. The summed E-state index contributed by atoms with van der Waals surface area (Å²) in [6, 6.07) is 3.90. The van der Waals surface area contributed by atoms with Gasteiger partial charge in [0.15, 0.2) is 23.9 Å². The molecule has 5 aliphatic rings. The molecule has 2 bridgehead atoms. The molecule has 174 valence electrons. The summed E-state index contributed by atoms with van der Waals surface area (Å²) in [5.74, 6) is -0.585. The van der Waals surface area contributed by atoms with Crippen LogP contribution in [0.2, 0.25) is 0 Å². The van der Waals surface area contributed by atoms with E-state index in [0.717, 1.165) is 36.9 Å². The molecule has 10 heteroatoms. The second-order valence-electron chi connectivity index (χ2n) is 9.63. The summed E-state index contributed by atoms with van der Waals surface area (Å²) < 4.78 is 17.8. The molecule has 1 aromatic carbocycles. The number of piperidine rings is 1. The fraction of sp³-hybridized carbons (Fsp3) is 0.682. The van der Waals surface area contributed by atoms with Crippen LogP contribution in [0.25, 0.3) is 0 Å². The third kappa shape index (κ3) is 2.59. The fourth-order valence-electron chi connectivity index (χ4n) is 6.89. The van der Waals surface area contributed by atoms with Crippen molar-refractivity contribution in [3.8, 4) is 11.5 Å². The summed E-state index contributed by atoms with van der Waals surface area (Å²) in [7, 11) is 0. The van der Waals surface area contributed by atoms with Crippen molar-refractivity contribution in [2.24, 2.45) is 5.92 Å². The van der Waals surface area contributed by atoms with Crippen molar-refractivity contribution in [2.75, 3.05) is 6.54 Å². The van der Waals surface area contributed by atoms with Crippen LogP contribution in [0.15, 0.2) is 12.1 Å². The first-order chi connectivity index (χ1) is 15.3. The third-order valence-corrected chi connectivity index (χ3v) is 8.20. The highest BCUT2D eigenvalue weighted by Crippen LogP contribution is 2.63. The molecule has 0 aromatic heterocycles. The fourth-order valence-corrected chi connectivity index (χ4v) is 6.89. The highest BCUT2D eigenvalue weighted by atomic mass is 16.7. The van der Waals surface area contributed by atoms with Crippen LogP contribution in [-0.2, 0) is 26.1 Å². The lowest BCUT2D eigenvalue weighted by molar-refractivity contribution is -0.314. The van der Waals surface area contributed by atoms with Gasteiger partial charge >= 0.3 is 5.97 Å². The zero-order valence-electron chi connectivity index (χ0n) is 17.3. The molecule has 2 saturated heterocycles. The number of phenolic OH excluding ortho intramolecular Hbond substituents is 1. The van der Waals surface area contributed by atoms with Gasteiger partial charge in [0.25, 0.3) is 0 Å². The normalized spacial score (nSPS) is 46.3. The van der Waals surface area contributed by atoms with E-state index in [4.69, 9.17) is 14.2 Å². The Morgan fingerprint density at radius 3 is 2.75 bits per heavy atom. The molecule has 1 aromatic rings. The van der Waals surface area contributed by atoms with Crippen molar-refractivity contribution in [3.05, 3.63) is 23.3 Å². The summed E-state index contributed by atoms with van der Waals surface area (Å²) in [4.78, 5) is 11.5. The molecule has 3 heterocycles. The average Bonchev–Trinajstić information content (AvgIpc) is 3.11. The molecule has 10 nitrogen and oxygen atoms in total. The Labute approximate surface area is 183 Å². The van der Waals surface area contributed by atoms with Gasteiger partial charge in [-0.1, -0.05) is 6.07 Å². The average molecular weight is 449 g/mol. The number of aliphatic hydroxyl groups is 3. The molecule has 2 aliphatic carbocycles. The topological polar surface area (TPSA) is 158 Å². The first-order valence-electron chi connectivity index (χ1n) is 11.2. The van der Waals surface area contributed by atoms with Gasteiger partial charge in [-0.25, -0.2) is 4.79 Å². The number of hydrogen-bond acceptors (Lipinski definition) is 9. The van der Waals surface area contributed by atoms with Gasteiger partial charge in [-0.3, -0.25) is 0 Å². The van der Waals surface area contributed by atoms with Crippen molar-refractivity contribution < 1.29 is 44.5 Å². The maximum Gasteiger partial charge on any atom is 0.335 e. The highest BCUT2D eigenvalue weighted by molar-refractivity contribution is 5.73. The minimum Gasteiger partial charge on any atom is -0.504 e. The zero-order valence-corrected chi connectivity index (χ0v) is 17.3. The number of aliphatic carboxylic acids is 1. The van der Waals surface area contributed by atoms with Crippen LogP contribution in [0.1, 0.15) is 30.4 Å². The predicted molar refractivity (Wildman–Crippen MR) is 106 cm³/mol. The van der Waals surface area contributed by atoms with Gasteiger partial charge in [0.1, 0.15) is 24.4 Å². The van der Waals surface area contributed by atoms with E-state index in [1.165, 1.54) is 0 Å². The monoisotopic (exact) mass is 449 g/mol. The van der Waals surface area contributed by atoms with Gasteiger partial charge in [0, 0.05) is 17.0 Å². The summed E-state index contributed by atoms with van der Waals surface area (Å²) in [5.41, 5.74) is 1.83. The summed E-state index contributed by atoms with van der Waals surface area (Å²) in [5, 5.41) is 54.1. The van der Waals surface area contributed by atoms with Gasteiger partial charge in [0.05, 0.1) is 6.10 Å². The Hall–Kier alpha value is -1.95. The standard InChI is InChI=1S/C22H27NO9/c24-11-3-1-8-7-10-9-2-4-12(19-22(9,5-6-23-10)13(8)17(11)31-19)30-21-16(27)14(25)15(26)18(32-21)20(28)29/h1,3,9-10,12,14-16,18-19,21,23-27H,2,4-7H2,(H,28,29)/t9-,10+,12-,14-,15-,16+,18-,19-,21+,22-/m0/s1. The minimum atomic E-state index is -1.77. The number of nitrogens with one attached hydrogen (secondary N) is 1. The van der Waals surface area contributed by atoms with Gasteiger partial charge in [-0.15, -0.1) is 0 Å². The molecule has 32 heavy (non-hydrogen) atoms. The molecule has 0 amide bonds. The van der Waals surface area contributed by atoms with Gasteiger partial charge < -0.3 is 45.1 Å². The van der Waals surface area contributed by atoms with Crippen LogP contribution < -0.4 is 10.1 Å². The minimum absolute atomic E-state index is 0.0837. The van der Waals surface area contributed by atoms with Crippen molar-refractivity contribution in [2.45, 2.75) is 80.1 Å². The van der Waals surface area contributed by atoms with E-state index in [-0.39, 0.29) is 11.2 Å². The highest BCUT2D eigenvalue weighted by Gasteiger charge is 2.65. The van der Waals surface area contributed by atoms with Gasteiger partial charge in [-0.05, 0) is 49.8 Å². The summed E-state index contributed by atoms with van der Waals surface area (Å²) in [6.07, 6.45) is -6.19. The molecular formula is C22H27NO9. The number of hydrogen-bond donors (Lipinski definition) is 6. The van der Waals surface area contributed by atoms with Crippen LogP contribution in [0.5, 0.6) is 11.5 Å². The van der Waals surface area contributed by atoms with E-state index >= 15 is 0 Å². The van der Waals surface area contributed by atoms with E-state index < -0.39 is 48.9 Å². The van der Waals surface area contributed by atoms with Crippen LogP contribution in [-0.4, -0.2) is 87.0 Å². The lowest BCUT2D eigenvalue weighted by atomic mass is 9.52. The lowest BCUT2D eigenvalue weighted by Crippen LogP contribution is -2.67. The van der Waals surface area contributed by atoms with E-state index in [1.807, 2.05) is 6.07 Å². The Kier molecular flexibility index (Phi) is 4.53. The van der Waals surface area contributed by atoms with E-state index in [2.05, 4.69) is 5.32 Å². The molecule has 6 rings (SSSR count). The van der Waals surface area contributed by atoms with E-state index in [0.29, 0.717) is 24.1 Å². The van der Waals surface area contributed by atoms with Crippen LogP contribution >= 0.6 is 0 Å². The number of aliphatic hydroxyl groups excluding tert-OH is 3. The smallest absolute Gasteiger partial charge is 0.335 e. The van der Waals surface area contributed by atoms with E-state index in [1.54, 1.807) is 6.07 Å². The molecular weight excluding hydrogens is 422 g/mol. The molecule has 1 spiro atoms. The SMILES string of the molecule is O=C(O)[C@H]1O[C@@H](O[C@H]2CC[C@H]3[C@H]4Cc5ccc(O)c6c5[C@@]3(CCN4)[C@H]2O6)[C@H](O)[C@@H](O)[C@@H]1O. The number of rotatable bonds is 3. The number of carboxylic acid groups (broad SMARTS) is 1. The Bertz CT molecular complexity index is 956. The Morgan fingerprint density at radius 1 is 1.16 bits per heavy atom. The first kappa shape index (κ1) is 20.6. The number of aromatic hydroxyl groups is 1. The maximum absolute atomic E-state index is 11.5. The molecule has 1 saturated carbocycles. The van der Waals surface area contributed by atoms with Gasteiger partial charge in [0.2, 0.25) is 0 Å². The molecule has 0 unspecified atom stereocenters. The largest absolute Gasteiger partial charge is 0.504 e. The number of carbonyl (C=O) groups is 1. The van der Waals surface area contributed by atoms with E-state index in [9.17, 15) is 30.3 Å². The second-order valence-corrected chi connectivity index (χ2v) is 9.63. The first-order valence-corrected chi connectivity index (χ1v) is 11.2. The molecule has 0 radical (unpaired) electrons. The maximum atomic E-state index is 11.5. The number of carboxylic acids is 1. The molecule has 10 atom stereocenters. The lowest BCUT2D eigenvalue weighted by Gasteiger charge is -2.57. The number of benzene rings is 1. The molecule has 3 fully saturated rings. The van der Waals surface area contributed by atoms with Crippen molar-refractivity contribution in [1.82, 2.24) is 5.32 Å². The zero-order chi connectivity index (χ0) is 22.4. The van der Waals surface area contributed by atoms with Crippen molar-refractivity contribution in [3.63, 3.8) is 0 Å². The van der Waals surface area contributed by atoms with Crippen molar-refractivity contribution >= 4 is 5.97 Å².